The van der Waals surface area contributed by atoms with Gasteiger partial charge < -0.3 is 39.6 Å². The van der Waals surface area contributed by atoms with E-state index < -0.39 is 36.2 Å². The van der Waals surface area contributed by atoms with Gasteiger partial charge in [-0.3, -0.25) is 0 Å². The first-order chi connectivity index (χ1) is 25.2. The van der Waals surface area contributed by atoms with E-state index >= 15 is 0 Å². The van der Waals surface area contributed by atoms with E-state index in [2.05, 4.69) is 5.32 Å². The summed E-state index contributed by atoms with van der Waals surface area (Å²) in [6, 6.07) is 40.1. The Hall–Kier alpha value is -4.29. The highest BCUT2D eigenvalue weighted by Crippen LogP contribution is 2.41. The van der Waals surface area contributed by atoms with E-state index in [1.54, 1.807) is 30.3 Å². The van der Waals surface area contributed by atoms with Gasteiger partial charge in [0.25, 0.3) is 0 Å². The van der Waals surface area contributed by atoms with Gasteiger partial charge in [0, 0.05) is 6.61 Å². The molecule has 0 unspecified atom stereocenters. The third-order valence-corrected chi connectivity index (χ3v) is 9.31. The van der Waals surface area contributed by atoms with Gasteiger partial charge in [-0.2, -0.15) is 0 Å². The number of ether oxygens (including phenoxy) is 4. The average Bonchev–Trinajstić information content (AvgIpc) is 3.43. The van der Waals surface area contributed by atoms with Crippen LogP contribution in [0, 0.1) is 6.92 Å². The summed E-state index contributed by atoms with van der Waals surface area (Å²) in [6.45, 7) is 4.07. The summed E-state index contributed by atoms with van der Waals surface area (Å²) < 4.78 is 21.9. The fourth-order valence-corrected chi connectivity index (χ4v) is 6.24. The number of carbonyl (C=O) groups is 1. The van der Waals surface area contributed by atoms with Gasteiger partial charge in [0.1, 0.15) is 23.9 Å². The van der Waals surface area contributed by atoms with Crippen LogP contribution in [0.3, 0.4) is 0 Å². The van der Waals surface area contributed by atoms with E-state index in [4.69, 9.17) is 42.1 Å². The van der Waals surface area contributed by atoms with Gasteiger partial charge >= 0.3 is 5.97 Å². The van der Waals surface area contributed by atoms with Crippen LogP contribution in [0.2, 0.25) is 10.0 Å². The Morgan fingerprint density at radius 3 is 1.83 bits per heavy atom. The minimum Gasteiger partial charge on any atom is -0.435 e. The smallest absolute Gasteiger partial charge is 0.342 e. The van der Waals surface area contributed by atoms with Crippen molar-refractivity contribution in [3.8, 4) is 0 Å². The number of hydrogen-bond acceptors (Lipinski definition) is 9. The molecule has 0 aromatic heterocycles. The van der Waals surface area contributed by atoms with Crippen LogP contribution < -0.4 is 5.32 Å². The molecule has 1 aliphatic rings. The zero-order valence-electron chi connectivity index (χ0n) is 28.7. The second-order valence-corrected chi connectivity index (χ2v) is 12.7. The van der Waals surface area contributed by atoms with Crippen LogP contribution in [0.1, 0.15) is 39.5 Å². The lowest BCUT2D eigenvalue weighted by molar-refractivity contribution is -0.145. The van der Waals surface area contributed by atoms with E-state index in [1.807, 2.05) is 111 Å². The number of carbonyl (C=O) groups excluding carboxylic acids is 1. The van der Waals surface area contributed by atoms with Gasteiger partial charge in [-0.05, 0) is 54.3 Å². The van der Waals surface area contributed by atoms with E-state index in [9.17, 15) is 20.1 Å². The maximum atomic E-state index is 12.2. The average molecular weight is 747 g/mol. The molecule has 0 saturated carbocycles. The summed E-state index contributed by atoms with van der Waals surface area (Å²) in [5, 5.41) is 33.9. The first-order valence-electron chi connectivity index (χ1n) is 16.7. The van der Waals surface area contributed by atoms with E-state index in [-0.39, 0.29) is 13.4 Å². The van der Waals surface area contributed by atoms with Crippen molar-refractivity contribution in [3.05, 3.63) is 165 Å². The van der Waals surface area contributed by atoms with Crippen LogP contribution in [-0.2, 0) is 24.5 Å². The number of aryl methyl sites for hydroxylation is 1. The van der Waals surface area contributed by atoms with Gasteiger partial charge in [0.05, 0.1) is 33.6 Å². The Bertz CT molecular complexity index is 1780. The standard InChI is InChI=1S/C24H24O5.C17H17Cl2NO3/c25-21-20(29-23(27)22(21)26)16-28-24(17-10-4-1-5-11-17,18-12-6-2-7-13-18)19-14-8-3-9-15-19;1-3-22-10-23-17(21)12-6-4-5-7-14(12)20-16-13(18)9-8-11(2)15(16)19/h1-15,20-23,25-27H,16H2;4-9,20H,3,10H2,1-2H3/t20-,21-,22-,23-;/m1./s1. The molecule has 52 heavy (non-hydrogen) atoms. The highest BCUT2D eigenvalue weighted by atomic mass is 35.5. The lowest BCUT2D eigenvalue weighted by Crippen LogP contribution is -2.39. The van der Waals surface area contributed by atoms with Crippen LogP contribution in [0.4, 0.5) is 11.4 Å². The van der Waals surface area contributed by atoms with Gasteiger partial charge in [-0.25, -0.2) is 4.79 Å². The number of esters is 1. The molecule has 11 heteroatoms. The molecular weight excluding hydrogens is 705 g/mol. The SMILES string of the molecule is CCOCOC(=O)c1ccccc1Nc1c(Cl)ccc(C)c1Cl.O[C@@H]1[C@H](O)[C@@H](COC(c2ccccc2)(c2ccccc2)c2ccccc2)O[C@H]1O. The van der Waals surface area contributed by atoms with Crippen molar-refractivity contribution in [2.24, 2.45) is 0 Å². The van der Waals surface area contributed by atoms with Gasteiger partial charge in [-0.15, -0.1) is 0 Å². The monoisotopic (exact) mass is 745 g/mol. The molecular formula is C41H41Cl2NO8. The predicted molar refractivity (Wildman–Crippen MR) is 201 cm³/mol. The fourth-order valence-electron chi connectivity index (χ4n) is 5.77. The third-order valence-electron chi connectivity index (χ3n) is 8.51. The van der Waals surface area contributed by atoms with Crippen molar-refractivity contribution >= 4 is 40.5 Å². The van der Waals surface area contributed by atoms with E-state index in [1.165, 1.54) is 0 Å². The third kappa shape index (κ3) is 9.01. The Labute approximate surface area is 313 Å². The Balaban J connectivity index is 0.000000207. The minimum atomic E-state index is -1.43. The van der Waals surface area contributed by atoms with Crippen molar-refractivity contribution < 1.29 is 39.1 Å². The number of hydrogen-bond donors (Lipinski definition) is 4. The predicted octanol–water partition coefficient (Wildman–Crippen LogP) is 7.63. The minimum absolute atomic E-state index is 0.0199. The van der Waals surface area contributed by atoms with Crippen molar-refractivity contribution in [2.75, 3.05) is 25.3 Å². The molecule has 5 aromatic carbocycles. The van der Waals surface area contributed by atoms with Gasteiger partial charge in [0.15, 0.2) is 13.1 Å². The van der Waals surface area contributed by atoms with Gasteiger partial charge in [-0.1, -0.05) is 132 Å². The van der Waals surface area contributed by atoms with Gasteiger partial charge in [0.2, 0.25) is 0 Å². The maximum absolute atomic E-state index is 12.2. The number of benzene rings is 5. The fraction of sp³-hybridized carbons (Fsp3) is 0.244. The molecule has 5 aromatic rings. The van der Waals surface area contributed by atoms with E-state index in [0.717, 1.165) is 22.3 Å². The molecule has 0 bridgehead atoms. The number of para-hydroxylation sites is 1. The molecule has 9 nitrogen and oxygen atoms in total. The quantitative estimate of drug-likeness (QED) is 0.0441. The molecule has 0 aliphatic carbocycles. The first-order valence-corrected chi connectivity index (χ1v) is 17.5. The van der Waals surface area contributed by atoms with Crippen LogP contribution in [-0.4, -0.2) is 65.9 Å². The molecule has 4 N–H and O–H groups in total. The molecule has 1 fully saturated rings. The highest BCUT2D eigenvalue weighted by Gasteiger charge is 2.45. The lowest BCUT2D eigenvalue weighted by atomic mass is 9.80. The molecule has 1 heterocycles. The zero-order valence-corrected chi connectivity index (χ0v) is 30.2. The zero-order chi connectivity index (χ0) is 37.1. The summed E-state index contributed by atoms with van der Waals surface area (Å²) in [5.74, 6) is -0.485. The number of anilines is 2. The Morgan fingerprint density at radius 2 is 1.31 bits per heavy atom. The van der Waals surface area contributed by atoms with Crippen molar-refractivity contribution in [2.45, 2.75) is 44.1 Å². The number of nitrogens with one attached hydrogen (secondary N) is 1. The molecule has 1 aliphatic heterocycles. The molecule has 6 rings (SSSR count). The summed E-state index contributed by atoms with van der Waals surface area (Å²) in [5.41, 5.74) is 4.19. The molecule has 1 saturated heterocycles. The number of aliphatic hydroxyl groups excluding tert-OH is 3. The van der Waals surface area contributed by atoms with E-state index in [0.29, 0.717) is 33.6 Å². The largest absolute Gasteiger partial charge is 0.435 e. The summed E-state index contributed by atoms with van der Waals surface area (Å²) in [4.78, 5) is 12.2. The summed E-state index contributed by atoms with van der Waals surface area (Å²) in [6.07, 6.45) is -4.87. The molecule has 4 atom stereocenters. The maximum Gasteiger partial charge on any atom is 0.342 e. The highest BCUT2D eigenvalue weighted by molar-refractivity contribution is 6.39. The first kappa shape index (κ1) is 38.9. The van der Waals surface area contributed by atoms with Crippen LogP contribution in [0.5, 0.6) is 0 Å². The van der Waals surface area contributed by atoms with Crippen LogP contribution in [0.25, 0.3) is 0 Å². The lowest BCUT2D eigenvalue weighted by Gasteiger charge is -2.37. The normalized spacial score (nSPS) is 18.3. The number of halogens is 2. The van der Waals surface area contributed by atoms with Crippen molar-refractivity contribution in [1.29, 1.82) is 0 Å². The van der Waals surface area contributed by atoms with Crippen molar-refractivity contribution in [1.82, 2.24) is 0 Å². The topological polar surface area (TPSA) is 127 Å². The second-order valence-electron chi connectivity index (χ2n) is 11.9. The van der Waals surface area contributed by atoms with Crippen LogP contribution >= 0.6 is 23.2 Å². The Kier molecular flexibility index (Phi) is 13.8. The molecule has 0 radical (unpaired) electrons. The Morgan fingerprint density at radius 1 is 0.769 bits per heavy atom. The summed E-state index contributed by atoms with van der Waals surface area (Å²) >= 11 is 12.5. The number of rotatable bonds is 12. The van der Waals surface area contributed by atoms with Crippen LogP contribution in [0.15, 0.2) is 127 Å². The number of aliphatic hydroxyl groups is 3. The molecule has 272 valence electrons. The van der Waals surface area contributed by atoms with Crippen molar-refractivity contribution in [3.63, 3.8) is 0 Å². The molecule has 0 spiro atoms. The second kappa shape index (κ2) is 18.5. The molecule has 0 amide bonds. The summed E-state index contributed by atoms with van der Waals surface area (Å²) in [7, 11) is 0.